The van der Waals surface area contributed by atoms with Crippen molar-refractivity contribution in [2.24, 2.45) is 5.92 Å². The molecule has 1 fully saturated rings. The zero-order chi connectivity index (χ0) is 18.8. The first kappa shape index (κ1) is 17.3. The average Bonchev–Trinajstić information content (AvgIpc) is 3.45. The molecule has 0 radical (unpaired) electrons. The van der Waals surface area contributed by atoms with Crippen molar-refractivity contribution in [2.75, 3.05) is 5.32 Å². The Morgan fingerprint density at radius 1 is 1.11 bits per heavy atom. The quantitative estimate of drug-likeness (QED) is 0.622. The molecule has 5 heteroatoms. The lowest BCUT2D eigenvalue weighted by Gasteiger charge is -2.15. The van der Waals surface area contributed by atoms with E-state index in [0.717, 1.165) is 40.6 Å². The molecule has 5 nitrogen and oxygen atoms in total. The SMILES string of the molecule is CC(NC(=O)Cc1c[nH]c2ccccc12)c1ccc(NC(=O)C2CC2)cc1. The lowest BCUT2D eigenvalue weighted by atomic mass is 10.1. The molecule has 0 spiro atoms. The van der Waals surface area contributed by atoms with Crippen LogP contribution in [-0.2, 0) is 16.0 Å². The van der Waals surface area contributed by atoms with Crippen LogP contribution in [0.15, 0.2) is 54.7 Å². The summed E-state index contributed by atoms with van der Waals surface area (Å²) in [4.78, 5) is 27.5. The van der Waals surface area contributed by atoms with Crippen molar-refractivity contribution in [3.63, 3.8) is 0 Å². The van der Waals surface area contributed by atoms with Gasteiger partial charge in [0.2, 0.25) is 11.8 Å². The van der Waals surface area contributed by atoms with Gasteiger partial charge in [-0.25, -0.2) is 0 Å². The number of fused-ring (bicyclic) bond motifs is 1. The number of amides is 2. The number of anilines is 1. The minimum atomic E-state index is -0.101. The molecule has 0 aliphatic heterocycles. The van der Waals surface area contributed by atoms with Gasteiger partial charge in [-0.15, -0.1) is 0 Å². The van der Waals surface area contributed by atoms with Crippen molar-refractivity contribution in [3.05, 3.63) is 65.9 Å². The van der Waals surface area contributed by atoms with E-state index in [0.29, 0.717) is 6.42 Å². The minimum Gasteiger partial charge on any atom is -0.361 e. The lowest BCUT2D eigenvalue weighted by Crippen LogP contribution is -2.28. The topological polar surface area (TPSA) is 74.0 Å². The number of H-pyrrole nitrogens is 1. The van der Waals surface area contributed by atoms with Crippen molar-refractivity contribution in [3.8, 4) is 0 Å². The van der Waals surface area contributed by atoms with Crippen LogP contribution < -0.4 is 10.6 Å². The molecule has 1 saturated carbocycles. The number of aromatic nitrogens is 1. The molecule has 4 rings (SSSR count). The molecule has 1 unspecified atom stereocenters. The van der Waals surface area contributed by atoms with Crippen molar-refractivity contribution in [2.45, 2.75) is 32.2 Å². The maximum atomic E-state index is 12.5. The van der Waals surface area contributed by atoms with Gasteiger partial charge in [-0.05, 0) is 49.1 Å². The second-order valence-electron chi connectivity index (χ2n) is 7.21. The number of aromatic amines is 1. The van der Waals surface area contributed by atoms with E-state index in [9.17, 15) is 9.59 Å². The summed E-state index contributed by atoms with van der Waals surface area (Å²) in [7, 11) is 0. The van der Waals surface area contributed by atoms with Gasteiger partial charge in [-0.2, -0.15) is 0 Å². The first-order chi connectivity index (χ1) is 13.1. The van der Waals surface area contributed by atoms with Gasteiger partial charge < -0.3 is 15.6 Å². The Labute approximate surface area is 158 Å². The van der Waals surface area contributed by atoms with Crippen molar-refractivity contribution in [1.82, 2.24) is 10.3 Å². The third-order valence-electron chi connectivity index (χ3n) is 5.03. The average molecular weight is 361 g/mol. The molecule has 3 aromatic rings. The highest BCUT2D eigenvalue weighted by atomic mass is 16.2. The summed E-state index contributed by atoms with van der Waals surface area (Å²) in [5.74, 6) is 0.272. The second-order valence-corrected chi connectivity index (χ2v) is 7.21. The summed E-state index contributed by atoms with van der Waals surface area (Å²) >= 11 is 0. The Morgan fingerprint density at radius 2 is 1.85 bits per heavy atom. The largest absolute Gasteiger partial charge is 0.361 e. The smallest absolute Gasteiger partial charge is 0.227 e. The summed E-state index contributed by atoms with van der Waals surface area (Å²) in [6, 6.07) is 15.5. The molecule has 1 aromatic heterocycles. The Balaban J connectivity index is 1.35. The van der Waals surface area contributed by atoms with Gasteiger partial charge >= 0.3 is 0 Å². The van der Waals surface area contributed by atoms with Crippen molar-refractivity contribution in [1.29, 1.82) is 0 Å². The molecule has 1 aliphatic carbocycles. The van der Waals surface area contributed by atoms with E-state index in [1.807, 2.05) is 61.7 Å². The molecule has 1 atom stereocenters. The van der Waals surface area contributed by atoms with Gasteiger partial charge in [0.15, 0.2) is 0 Å². The number of hydrogen-bond acceptors (Lipinski definition) is 2. The van der Waals surface area contributed by atoms with E-state index in [1.165, 1.54) is 0 Å². The Hall–Kier alpha value is -3.08. The second kappa shape index (κ2) is 7.27. The molecule has 27 heavy (non-hydrogen) atoms. The van der Waals surface area contributed by atoms with Crippen LogP contribution >= 0.6 is 0 Å². The first-order valence-electron chi connectivity index (χ1n) is 9.35. The number of para-hydroxylation sites is 1. The highest BCUT2D eigenvalue weighted by Crippen LogP contribution is 2.30. The number of rotatable bonds is 6. The van der Waals surface area contributed by atoms with Gasteiger partial charge in [-0.1, -0.05) is 30.3 Å². The third-order valence-corrected chi connectivity index (χ3v) is 5.03. The number of nitrogens with one attached hydrogen (secondary N) is 3. The summed E-state index contributed by atoms with van der Waals surface area (Å²) in [5.41, 5.74) is 3.84. The predicted octanol–water partition coefficient (Wildman–Crippen LogP) is 3.94. The summed E-state index contributed by atoms with van der Waals surface area (Å²) in [5, 5.41) is 7.05. The number of carbonyl (C=O) groups excluding carboxylic acids is 2. The van der Waals surface area contributed by atoms with Crippen molar-refractivity contribution < 1.29 is 9.59 Å². The summed E-state index contributed by atoms with van der Waals surface area (Å²) in [6.07, 6.45) is 4.21. The Morgan fingerprint density at radius 3 is 2.59 bits per heavy atom. The maximum absolute atomic E-state index is 12.5. The molecule has 0 saturated heterocycles. The van der Waals surface area contributed by atoms with Crippen LogP contribution in [0.25, 0.3) is 10.9 Å². The fraction of sp³-hybridized carbons (Fsp3) is 0.273. The van der Waals surface area contributed by atoms with Crippen LogP contribution in [0.2, 0.25) is 0 Å². The number of benzene rings is 2. The number of carbonyl (C=O) groups is 2. The van der Waals surface area contributed by atoms with Gasteiger partial charge in [0.25, 0.3) is 0 Å². The van der Waals surface area contributed by atoms with Gasteiger partial charge in [0, 0.05) is 28.7 Å². The van der Waals surface area contributed by atoms with E-state index in [2.05, 4.69) is 15.6 Å². The van der Waals surface area contributed by atoms with Crippen LogP contribution in [0, 0.1) is 5.92 Å². The zero-order valence-corrected chi connectivity index (χ0v) is 15.3. The fourth-order valence-electron chi connectivity index (χ4n) is 3.27. The molecule has 2 aromatic carbocycles. The fourth-order valence-corrected chi connectivity index (χ4v) is 3.27. The highest BCUT2D eigenvalue weighted by molar-refractivity contribution is 5.94. The van der Waals surface area contributed by atoms with E-state index in [4.69, 9.17) is 0 Å². The van der Waals surface area contributed by atoms with Crippen LogP contribution in [0.1, 0.15) is 36.9 Å². The van der Waals surface area contributed by atoms with E-state index >= 15 is 0 Å². The van der Waals surface area contributed by atoms with Crippen LogP contribution in [0.5, 0.6) is 0 Å². The Bertz CT molecular complexity index is 971. The molecule has 1 aliphatic rings. The van der Waals surface area contributed by atoms with Crippen molar-refractivity contribution >= 4 is 28.4 Å². The standard InChI is InChI=1S/C22H23N3O2/c1-14(15-8-10-18(11-9-15)25-22(27)16-6-7-16)24-21(26)12-17-13-23-20-5-3-2-4-19(17)20/h2-5,8-11,13-14,16,23H,6-7,12H2,1H3,(H,24,26)(H,25,27). The summed E-state index contributed by atoms with van der Waals surface area (Å²) in [6.45, 7) is 1.96. The van der Waals surface area contributed by atoms with E-state index < -0.39 is 0 Å². The molecule has 3 N–H and O–H groups in total. The number of hydrogen-bond donors (Lipinski definition) is 3. The molecule has 2 amide bonds. The zero-order valence-electron chi connectivity index (χ0n) is 15.3. The maximum Gasteiger partial charge on any atom is 0.227 e. The van der Waals surface area contributed by atoms with Gasteiger partial charge in [0.1, 0.15) is 0 Å². The van der Waals surface area contributed by atoms with E-state index in [-0.39, 0.29) is 23.8 Å². The molecular weight excluding hydrogens is 338 g/mol. The monoisotopic (exact) mass is 361 g/mol. The summed E-state index contributed by atoms with van der Waals surface area (Å²) < 4.78 is 0. The normalized spacial score (nSPS) is 14.7. The molecular formula is C22H23N3O2. The molecule has 0 bridgehead atoms. The van der Waals surface area contributed by atoms with Gasteiger partial charge in [0.05, 0.1) is 12.5 Å². The van der Waals surface area contributed by atoms with E-state index in [1.54, 1.807) is 0 Å². The Kier molecular flexibility index (Phi) is 4.67. The van der Waals surface area contributed by atoms with Crippen LogP contribution in [0.4, 0.5) is 5.69 Å². The highest BCUT2D eigenvalue weighted by Gasteiger charge is 2.29. The first-order valence-corrected chi connectivity index (χ1v) is 9.35. The lowest BCUT2D eigenvalue weighted by molar-refractivity contribution is -0.121. The third kappa shape index (κ3) is 4.03. The molecule has 1 heterocycles. The molecule has 138 valence electrons. The predicted molar refractivity (Wildman–Crippen MR) is 106 cm³/mol. The minimum absolute atomic E-state index is 0.0154. The van der Waals surface area contributed by atoms with Gasteiger partial charge in [-0.3, -0.25) is 9.59 Å². The van der Waals surface area contributed by atoms with Crippen LogP contribution in [-0.4, -0.2) is 16.8 Å². The van der Waals surface area contributed by atoms with Crippen LogP contribution in [0.3, 0.4) is 0 Å².